The Labute approximate surface area is 198 Å². The predicted molar refractivity (Wildman–Crippen MR) is 130 cm³/mol. The second-order valence-electron chi connectivity index (χ2n) is 8.90. The molecule has 0 saturated carbocycles. The van der Waals surface area contributed by atoms with Crippen LogP contribution in [0.15, 0.2) is 65.6 Å². The second-order valence-corrected chi connectivity index (χ2v) is 8.90. The Kier molecular flexibility index (Phi) is 5.87. The summed E-state index contributed by atoms with van der Waals surface area (Å²) in [5.74, 6) is -0.893. The number of carbonyl (C=O) groups excluding carboxylic acids is 1. The van der Waals surface area contributed by atoms with Crippen molar-refractivity contribution in [2.24, 2.45) is 0 Å². The molecule has 1 N–H and O–H groups in total. The summed E-state index contributed by atoms with van der Waals surface area (Å²) < 4.78 is 7.07. The summed E-state index contributed by atoms with van der Waals surface area (Å²) in [5.41, 5.74) is 4.25. The molecule has 7 nitrogen and oxygen atoms in total. The molecule has 5 rings (SSSR count). The van der Waals surface area contributed by atoms with E-state index in [1.807, 2.05) is 19.1 Å². The van der Waals surface area contributed by atoms with Gasteiger partial charge in [0.1, 0.15) is 6.67 Å². The number of methoxy groups -OCH3 is 1. The van der Waals surface area contributed by atoms with Crippen LogP contribution in [0.25, 0.3) is 0 Å². The average molecular weight is 460 g/mol. The summed E-state index contributed by atoms with van der Waals surface area (Å²) in [6.07, 6.45) is 4.12. The van der Waals surface area contributed by atoms with Crippen molar-refractivity contribution < 1.29 is 14.6 Å². The molecule has 0 radical (unpaired) electrons. The van der Waals surface area contributed by atoms with Gasteiger partial charge in [-0.15, -0.1) is 0 Å². The highest BCUT2D eigenvalue weighted by atomic mass is 16.5. The van der Waals surface area contributed by atoms with E-state index in [4.69, 9.17) is 4.74 Å². The lowest BCUT2D eigenvalue weighted by molar-refractivity contribution is 0.0428. The third kappa shape index (κ3) is 3.56. The van der Waals surface area contributed by atoms with Crippen LogP contribution in [0.5, 0.6) is 5.75 Å². The van der Waals surface area contributed by atoms with Gasteiger partial charge in [0, 0.05) is 19.4 Å². The Morgan fingerprint density at radius 3 is 2.21 bits per heavy atom. The molecule has 0 bridgehead atoms. The van der Waals surface area contributed by atoms with E-state index in [2.05, 4.69) is 41.4 Å². The maximum Gasteiger partial charge on any atom is 0.278 e. The zero-order chi connectivity index (χ0) is 23.8. The number of aryl methyl sites for hydroxylation is 2. The number of aromatic hydroxyl groups is 1. The predicted octanol–water partition coefficient (Wildman–Crippen LogP) is 3.22. The number of hydrogen-bond acceptors (Lipinski definition) is 5. The zero-order valence-electron chi connectivity index (χ0n) is 19.5. The summed E-state index contributed by atoms with van der Waals surface area (Å²) in [6.45, 7) is 2.67. The maximum atomic E-state index is 13.6. The molecule has 1 aliphatic heterocycles. The molecule has 0 spiro atoms. The minimum atomic E-state index is -0.567. The smallest absolute Gasteiger partial charge is 0.278 e. The number of rotatable bonds is 5. The quantitative estimate of drug-likeness (QED) is 0.634. The lowest BCUT2D eigenvalue weighted by atomic mass is 9.94. The number of ether oxygens (including phenoxy) is 1. The third-order valence-electron chi connectivity index (χ3n) is 7.02. The van der Waals surface area contributed by atoms with Crippen LogP contribution in [0.1, 0.15) is 52.1 Å². The largest absolute Gasteiger partial charge is 0.502 e. The third-order valence-corrected chi connectivity index (χ3v) is 7.02. The van der Waals surface area contributed by atoms with Crippen LogP contribution in [0.4, 0.5) is 0 Å². The van der Waals surface area contributed by atoms with Crippen molar-refractivity contribution in [2.45, 2.75) is 38.3 Å². The van der Waals surface area contributed by atoms with Crippen molar-refractivity contribution >= 4 is 5.91 Å². The molecule has 1 aromatic heterocycles. The highest BCUT2D eigenvalue weighted by Gasteiger charge is 2.40. The highest BCUT2D eigenvalue weighted by Crippen LogP contribution is 2.38. The van der Waals surface area contributed by atoms with Crippen molar-refractivity contribution in [3.8, 4) is 5.75 Å². The van der Waals surface area contributed by atoms with Crippen LogP contribution in [0, 0.1) is 0 Å². The van der Waals surface area contributed by atoms with Gasteiger partial charge in [-0.3, -0.25) is 19.3 Å². The molecule has 1 atom stereocenters. The van der Waals surface area contributed by atoms with Crippen LogP contribution in [0.3, 0.4) is 0 Å². The Hall–Kier alpha value is -3.58. The van der Waals surface area contributed by atoms with E-state index >= 15 is 0 Å². The van der Waals surface area contributed by atoms with Gasteiger partial charge in [-0.2, -0.15) is 0 Å². The number of nitrogens with zero attached hydrogens (tertiary/aromatic N) is 3. The molecule has 34 heavy (non-hydrogen) atoms. The molecule has 1 aliphatic carbocycles. The van der Waals surface area contributed by atoms with E-state index in [-0.39, 0.29) is 23.7 Å². The first kappa shape index (κ1) is 22.2. The van der Waals surface area contributed by atoms with Crippen molar-refractivity contribution in [2.75, 3.05) is 25.4 Å². The number of hydrogen-bond donors (Lipinski definition) is 1. The van der Waals surface area contributed by atoms with Gasteiger partial charge >= 0.3 is 0 Å². The second kappa shape index (κ2) is 8.99. The summed E-state index contributed by atoms with van der Waals surface area (Å²) >= 11 is 0. The SMILES string of the molecule is CCC(COC)N1CN(C2c3ccccc3CCc3ccccc32)n2ccc(=O)c(O)c2C1=O. The summed E-state index contributed by atoms with van der Waals surface area (Å²) in [4.78, 5) is 27.7. The normalized spacial score (nSPS) is 16.5. The van der Waals surface area contributed by atoms with Crippen molar-refractivity contribution in [1.82, 2.24) is 9.58 Å². The van der Waals surface area contributed by atoms with Crippen LogP contribution >= 0.6 is 0 Å². The average Bonchev–Trinajstić information content (AvgIpc) is 3.02. The van der Waals surface area contributed by atoms with Gasteiger partial charge in [-0.05, 0) is 41.5 Å². The van der Waals surface area contributed by atoms with E-state index in [0.29, 0.717) is 19.7 Å². The fourth-order valence-corrected chi connectivity index (χ4v) is 5.28. The molecule has 0 fully saturated rings. The topological polar surface area (TPSA) is 75.0 Å². The Morgan fingerprint density at radius 1 is 1.00 bits per heavy atom. The lowest BCUT2D eigenvalue weighted by Gasteiger charge is -2.46. The number of carbonyl (C=O) groups is 1. The monoisotopic (exact) mass is 459 g/mol. The van der Waals surface area contributed by atoms with E-state index in [1.54, 1.807) is 22.9 Å². The Bertz CT molecular complexity index is 1240. The lowest BCUT2D eigenvalue weighted by Crippen LogP contribution is -2.59. The molecule has 2 aromatic carbocycles. The zero-order valence-corrected chi connectivity index (χ0v) is 19.5. The van der Waals surface area contributed by atoms with Gasteiger partial charge < -0.3 is 14.7 Å². The molecule has 176 valence electrons. The maximum absolute atomic E-state index is 13.6. The molecule has 1 unspecified atom stereocenters. The van der Waals surface area contributed by atoms with Gasteiger partial charge in [0.25, 0.3) is 5.91 Å². The highest BCUT2D eigenvalue weighted by molar-refractivity contribution is 5.96. The standard InChI is InChI=1S/C27H29N3O4/c1-3-20(16-34-2)28-17-30(29-15-14-23(31)26(32)25(29)27(28)33)24-21-10-6-4-8-18(21)12-13-19-9-5-7-11-22(19)24/h4-11,14-15,20,24,32H,3,12-13,16-17H2,1-2H3. The molecule has 7 heteroatoms. The minimum Gasteiger partial charge on any atom is -0.502 e. The molecule has 2 heterocycles. The molecule has 2 aliphatic rings. The molecule has 3 aromatic rings. The van der Waals surface area contributed by atoms with E-state index in [1.165, 1.54) is 17.2 Å². The van der Waals surface area contributed by atoms with Gasteiger partial charge in [0.05, 0.1) is 18.7 Å². The first-order valence-corrected chi connectivity index (χ1v) is 11.7. The molecular formula is C27H29N3O4. The summed E-state index contributed by atoms with van der Waals surface area (Å²) in [7, 11) is 1.61. The van der Waals surface area contributed by atoms with Crippen LogP contribution in [-0.2, 0) is 17.6 Å². The van der Waals surface area contributed by atoms with Gasteiger partial charge in [-0.1, -0.05) is 55.5 Å². The number of pyridine rings is 1. The van der Waals surface area contributed by atoms with Crippen molar-refractivity contribution in [1.29, 1.82) is 0 Å². The molecular weight excluding hydrogens is 430 g/mol. The van der Waals surface area contributed by atoms with Crippen molar-refractivity contribution in [3.05, 3.63) is 99.0 Å². The van der Waals surface area contributed by atoms with Crippen LogP contribution in [-0.4, -0.2) is 47.0 Å². The number of amides is 1. The van der Waals surface area contributed by atoms with E-state index < -0.39 is 11.2 Å². The Morgan fingerprint density at radius 2 is 1.62 bits per heavy atom. The summed E-state index contributed by atoms with van der Waals surface area (Å²) in [5, 5.41) is 12.8. The van der Waals surface area contributed by atoms with E-state index in [0.717, 1.165) is 24.0 Å². The Balaban J connectivity index is 1.75. The van der Waals surface area contributed by atoms with Crippen molar-refractivity contribution in [3.63, 3.8) is 0 Å². The molecule has 0 saturated heterocycles. The fourth-order valence-electron chi connectivity index (χ4n) is 5.28. The first-order chi connectivity index (χ1) is 16.5. The molecule has 1 amide bonds. The van der Waals surface area contributed by atoms with Crippen LogP contribution < -0.4 is 10.4 Å². The van der Waals surface area contributed by atoms with Crippen LogP contribution in [0.2, 0.25) is 0 Å². The first-order valence-electron chi connectivity index (χ1n) is 11.7. The number of fused-ring (bicyclic) bond motifs is 3. The minimum absolute atomic E-state index is 0.00693. The fraction of sp³-hybridized carbons (Fsp3) is 0.333. The van der Waals surface area contributed by atoms with E-state index in [9.17, 15) is 14.7 Å². The number of aromatic nitrogens is 1. The van der Waals surface area contributed by atoms with Gasteiger partial charge in [0.15, 0.2) is 11.4 Å². The van der Waals surface area contributed by atoms with Gasteiger partial charge in [0.2, 0.25) is 5.43 Å². The number of benzene rings is 2. The van der Waals surface area contributed by atoms with Gasteiger partial charge in [-0.25, -0.2) is 0 Å². The summed E-state index contributed by atoms with van der Waals surface area (Å²) in [6, 6.07) is 17.7.